The van der Waals surface area contributed by atoms with Crippen molar-refractivity contribution in [2.24, 2.45) is 0 Å². The largest absolute Gasteiger partial charge is 0.487 e. The van der Waals surface area contributed by atoms with Crippen LogP contribution in [0, 0.1) is 5.82 Å². The van der Waals surface area contributed by atoms with Gasteiger partial charge in [-0.25, -0.2) is 4.39 Å². The Kier molecular flexibility index (Phi) is 2.44. The van der Waals surface area contributed by atoms with Crippen LogP contribution in [0.5, 0.6) is 5.75 Å². The van der Waals surface area contributed by atoms with Gasteiger partial charge >= 0.3 is 0 Å². The average Bonchev–Trinajstić information content (AvgIpc) is 2.92. The van der Waals surface area contributed by atoms with E-state index in [2.05, 4.69) is 0 Å². The lowest BCUT2D eigenvalue weighted by Crippen LogP contribution is -1.97. The number of ether oxygens (including phenoxy) is 1. The Morgan fingerprint density at radius 1 is 1.46 bits per heavy atom. The lowest BCUT2D eigenvalue weighted by Gasteiger charge is -2.05. The van der Waals surface area contributed by atoms with Crippen molar-refractivity contribution in [3.8, 4) is 5.75 Å². The van der Waals surface area contributed by atoms with E-state index in [0.717, 1.165) is 17.7 Å². The molecule has 0 atom stereocenters. The monoisotopic (exact) mass is 198 g/mol. The molecular formula is C10H11FOS. The number of rotatable bonds is 3. The first kappa shape index (κ1) is 8.88. The minimum absolute atomic E-state index is 0.251. The molecule has 2 rings (SSSR count). The number of thioether (sulfide) groups is 1. The molecule has 1 aliphatic rings. The van der Waals surface area contributed by atoms with Gasteiger partial charge in [-0.3, -0.25) is 0 Å². The fourth-order valence-electron chi connectivity index (χ4n) is 1.07. The molecule has 3 heteroatoms. The van der Waals surface area contributed by atoms with E-state index in [1.54, 1.807) is 6.07 Å². The van der Waals surface area contributed by atoms with E-state index in [-0.39, 0.29) is 11.9 Å². The van der Waals surface area contributed by atoms with E-state index in [1.165, 1.54) is 17.8 Å². The first-order valence-corrected chi connectivity index (χ1v) is 5.52. The molecule has 0 spiro atoms. The van der Waals surface area contributed by atoms with Gasteiger partial charge < -0.3 is 4.74 Å². The van der Waals surface area contributed by atoms with Crippen molar-refractivity contribution in [1.82, 2.24) is 0 Å². The molecule has 13 heavy (non-hydrogen) atoms. The van der Waals surface area contributed by atoms with Crippen LogP contribution in [0.15, 0.2) is 23.1 Å². The number of hydrogen-bond acceptors (Lipinski definition) is 2. The summed E-state index contributed by atoms with van der Waals surface area (Å²) in [5.41, 5.74) is 0. The summed E-state index contributed by atoms with van der Waals surface area (Å²) >= 11 is 1.53. The van der Waals surface area contributed by atoms with Crippen LogP contribution in [-0.2, 0) is 0 Å². The fourth-order valence-corrected chi connectivity index (χ4v) is 1.50. The molecule has 0 heterocycles. The summed E-state index contributed by atoms with van der Waals surface area (Å²) in [6.07, 6.45) is 4.30. The van der Waals surface area contributed by atoms with Crippen LogP contribution in [-0.4, -0.2) is 12.4 Å². The number of hydrogen-bond donors (Lipinski definition) is 0. The van der Waals surface area contributed by atoms with E-state index < -0.39 is 0 Å². The summed E-state index contributed by atoms with van der Waals surface area (Å²) in [4.78, 5) is 0.931. The Bertz CT molecular complexity index is 310. The molecule has 0 bridgehead atoms. The lowest BCUT2D eigenvalue weighted by molar-refractivity contribution is 0.287. The summed E-state index contributed by atoms with van der Waals surface area (Å²) in [6.45, 7) is 0. The van der Waals surface area contributed by atoms with Crippen LogP contribution >= 0.6 is 11.8 Å². The third kappa shape index (κ3) is 2.15. The summed E-state index contributed by atoms with van der Waals surface area (Å²) in [5, 5.41) is 0. The second-order valence-electron chi connectivity index (χ2n) is 3.11. The first-order chi connectivity index (χ1) is 6.29. The van der Waals surface area contributed by atoms with Crippen LogP contribution in [0.2, 0.25) is 0 Å². The third-order valence-electron chi connectivity index (χ3n) is 1.96. The third-order valence-corrected chi connectivity index (χ3v) is 2.68. The molecule has 0 saturated heterocycles. The summed E-state index contributed by atoms with van der Waals surface area (Å²) in [5.74, 6) is 0.138. The van der Waals surface area contributed by atoms with Gasteiger partial charge in [0.1, 0.15) is 0 Å². The van der Waals surface area contributed by atoms with Crippen LogP contribution in [0.4, 0.5) is 4.39 Å². The van der Waals surface area contributed by atoms with Crippen molar-refractivity contribution in [3.05, 3.63) is 24.0 Å². The molecule has 0 N–H and O–H groups in total. The highest BCUT2D eigenvalue weighted by Crippen LogP contribution is 2.30. The molecule has 1 nitrogen and oxygen atoms in total. The van der Waals surface area contributed by atoms with Gasteiger partial charge in [0.2, 0.25) is 0 Å². The maximum absolute atomic E-state index is 13.3. The van der Waals surface area contributed by atoms with Gasteiger partial charge in [-0.1, -0.05) is 0 Å². The lowest BCUT2D eigenvalue weighted by atomic mass is 10.3. The van der Waals surface area contributed by atoms with Crippen molar-refractivity contribution in [2.45, 2.75) is 23.8 Å². The topological polar surface area (TPSA) is 9.23 Å². The zero-order valence-corrected chi connectivity index (χ0v) is 8.23. The van der Waals surface area contributed by atoms with Crippen LogP contribution in [0.25, 0.3) is 0 Å². The van der Waals surface area contributed by atoms with Crippen LogP contribution in [0.3, 0.4) is 0 Å². The van der Waals surface area contributed by atoms with E-state index >= 15 is 0 Å². The minimum Gasteiger partial charge on any atom is -0.487 e. The minimum atomic E-state index is -0.251. The van der Waals surface area contributed by atoms with Crippen LogP contribution < -0.4 is 4.74 Å². The summed E-state index contributed by atoms with van der Waals surface area (Å²) in [6, 6.07) is 5.10. The predicted octanol–water partition coefficient (Wildman–Crippen LogP) is 3.09. The molecule has 0 unspecified atom stereocenters. The maximum atomic E-state index is 13.3. The summed E-state index contributed by atoms with van der Waals surface area (Å²) < 4.78 is 18.7. The van der Waals surface area contributed by atoms with Gasteiger partial charge in [0.15, 0.2) is 11.6 Å². The van der Waals surface area contributed by atoms with Crippen molar-refractivity contribution in [1.29, 1.82) is 0 Å². The number of benzene rings is 1. The maximum Gasteiger partial charge on any atom is 0.166 e. The Hall–Kier alpha value is -0.700. The van der Waals surface area contributed by atoms with Crippen molar-refractivity contribution < 1.29 is 9.13 Å². The zero-order chi connectivity index (χ0) is 9.26. The van der Waals surface area contributed by atoms with E-state index in [9.17, 15) is 4.39 Å². The average molecular weight is 198 g/mol. The molecule has 1 aromatic rings. The standard InChI is InChI=1S/C10H11FOS/c1-13-8-4-5-10(9(11)6-8)12-7-2-3-7/h4-7H,2-3H2,1H3. The van der Waals surface area contributed by atoms with E-state index in [0.29, 0.717) is 5.75 Å². The fraction of sp³-hybridized carbons (Fsp3) is 0.400. The molecule has 0 radical (unpaired) electrons. The predicted molar refractivity (Wildman–Crippen MR) is 51.8 cm³/mol. The second-order valence-corrected chi connectivity index (χ2v) is 3.99. The summed E-state index contributed by atoms with van der Waals surface area (Å²) in [7, 11) is 0. The molecule has 1 aliphatic carbocycles. The molecule has 0 amide bonds. The van der Waals surface area contributed by atoms with Gasteiger partial charge in [-0.05, 0) is 37.3 Å². The van der Waals surface area contributed by atoms with Crippen molar-refractivity contribution >= 4 is 11.8 Å². The highest BCUT2D eigenvalue weighted by atomic mass is 32.2. The van der Waals surface area contributed by atoms with Gasteiger partial charge in [0.05, 0.1) is 6.10 Å². The molecule has 1 aromatic carbocycles. The highest BCUT2D eigenvalue weighted by Gasteiger charge is 2.24. The highest BCUT2D eigenvalue weighted by molar-refractivity contribution is 7.98. The van der Waals surface area contributed by atoms with E-state index in [4.69, 9.17) is 4.74 Å². The quantitative estimate of drug-likeness (QED) is 0.690. The second kappa shape index (κ2) is 3.58. The first-order valence-electron chi connectivity index (χ1n) is 4.30. The van der Waals surface area contributed by atoms with Crippen molar-refractivity contribution in [3.63, 3.8) is 0 Å². The van der Waals surface area contributed by atoms with Gasteiger partial charge in [0.25, 0.3) is 0 Å². The Balaban J connectivity index is 2.15. The smallest absolute Gasteiger partial charge is 0.166 e. The van der Waals surface area contributed by atoms with Crippen LogP contribution in [0.1, 0.15) is 12.8 Å². The zero-order valence-electron chi connectivity index (χ0n) is 7.42. The molecule has 70 valence electrons. The molecule has 1 saturated carbocycles. The van der Waals surface area contributed by atoms with Gasteiger partial charge in [0, 0.05) is 4.90 Å². The number of halogens is 1. The SMILES string of the molecule is CSc1ccc(OC2CC2)c(F)c1. The van der Waals surface area contributed by atoms with Gasteiger partial charge in [-0.2, -0.15) is 0 Å². The molecular weight excluding hydrogens is 187 g/mol. The molecule has 1 fully saturated rings. The Labute approximate surface area is 81.3 Å². The Morgan fingerprint density at radius 3 is 2.77 bits per heavy atom. The molecule has 0 aliphatic heterocycles. The normalized spacial score (nSPS) is 15.8. The van der Waals surface area contributed by atoms with E-state index in [1.807, 2.05) is 12.3 Å². The molecule has 0 aromatic heterocycles. The Morgan fingerprint density at radius 2 is 2.23 bits per heavy atom. The van der Waals surface area contributed by atoms with Crippen molar-refractivity contribution in [2.75, 3.05) is 6.26 Å². The van der Waals surface area contributed by atoms with Gasteiger partial charge in [-0.15, -0.1) is 11.8 Å².